The minimum Gasteiger partial charge on any atom is -0.409 e. The van der Waals surface area contributed by atoms with Gasteiger partial charge in [0.1, 0.15) is 11.5 Å². The molecule has 0 amide bonds. The molecule has 5 nitrogen and oxygen atoms in total. The van der Waals surface area contributed by atoms with Gasteiger partial charge in [-0.2, -0.15) is 18.3 Å². The predicted octanol–water partition coefficient (Wildman–Crippen LogP) is 1.59. The Morgan fingerprint density at radius 1 is 1.65 bits per heavy atom. The Morgan fingerprint density at radius 3 is 2.71 bits per heavy atom. The summed E-state index contributed by atoms with van der Waals surface area (Å²) in [6.07, 6.45) is -4.47. The number of hydrogen-bond acceptors (Lipinski definition) is 3. The van der Waals surface area contributed by atoms with Gasteiger partial charge in [-0.1, -0.05) is 12.1 Å². The zero-order chi connectivity index (χ0) is 13.2. The van der Waals surface area contributed by atoms with E-state index in [1.54, 1.807) is 6.92 Å². The molecule has 1 atom stereocenters. The lowest BCUT2D eigenvalue weighted by atomic mass is 10.1. The molecule has 0 spiro atoms. The standard InChI is InChI=1S/C9H13F3N4O/c1-5(8(13)15-17)4-16-7(9(10,11)12)3-6(2)14-16/h3,5,17H,4H2,1-2H3,(H2,13,15)/t5-/m1/s1. The first kappa shape index (κ1) is 13.3. The molecule has 1 heterocycles. The normalized spacial score (nSPS) is 15.0. The molecule has 0 aliphatic rings. The first-order chi connectivity index (χ1) is 7.75. The molecule has 0 aromatic carbocycles. The summed E-state index contributed by atoms with van der Waals surface area (Å²) in [5, 5.41) is 14.9. The lowest BCUT2D eigenvalue weighted by Crippen LogP contribution is -2.27. The highest BCUT2D eigenvalue weighted by Gasteiger charge is 2.35. The second kappa shape index (κ2) is 4.64. The van der Waals surface area contributed by atoms with E-state index in [2.05, 4.69) is 10.3 Å². The van der Waals surface area contributed by atoms with Crippen molar-refractivity contribution in [2.24, 2.45) is 16.8 Å². The van der Waals surface area contributed by atoms with Gasteiger partial charge in [0.15, 0.2) is 0 Å². The molecule has 1 aromatic heterocycles. The summed E-state index contributed by atoms with van der Waals surface area (Å²) in [5.74, 6) is -0.674. The molecular weight excluding hydrogens is 237 g/mol. The Bertz CT molecular complexity index is 424. The van der Waals surface area contributed by atoms with Crippen LogP contribution in [-0.2, 0) is 12.7 Å². The van der Waals surface area contributed by atoms with Gasteiger partial charge < -0.3 is 10.9 Å². The predicted molar refractivity (Wildman–Crippen MR) is 54.5 cm³/mol. The van der Waals surface area contributed by atoms with E-state index >= 15 is 0 Å². The third kappa shape index (κ3) is 3.11. The molecule has 0 aliphatic heterocycles. The van der Waals surface area contributed by atoms with Crippen molar-refractivity contribution in [3.63, 3.8) is 0 Å². The molecule has 0 aliphatic carbocycles. The van der Waals surface area contributed by atoms with Crippen LogP contribution in [0.4, 0.5) is 13.2 Å². The molecule has 0 saturated carbocycles. The second-order valence-electron chi connectivity index (χ2n) is 3.78. The maximum absolute atomic E-state index is 12.6. The summed E-state index contributed by atoms with van der Waals surface area (Å²) in [6, 6.07) is 0.957. The number of aryl methyl sites for hydroxylation is 1. The van der Waals surface area contributed by atoms with Crippen molar-refractivity contribution in [1.29, 1.82) is 0 Å². The Hall–Kier alpha value is -1.73. The molecule has 0 saturated heterocycles. The van der Waals surface area contributed by atoms with E-state index in [-0.39, 0.29) is 18.1 Å². The third-order valence-corrected chi connectivity index (χ3v) is 2.26. The molecule has 3 N–H and O–H groups in total. The fourth-order valence-corrected chi connectivity index (χ4v) is 1.36. The summed E-state index contributed by atoms with van der Waals surface area (Å²) in [6.45, 7) is 2.92. The summed E-state index contributed by atoms with van der Waals surface area (Å²) >= 11 is 0. The number of amidine groups is 1. The second-order valence-corrected chi connectivity index (χ2v) is 3.78. The number of oxime groups is 1. The van der Waals surface area contributed by atoms with Crippen LogP contribution in [0.3, 0.4) is 0 Å². The van der Waals surface area contributed by atoms with E-state index in [1.807, 2.05) is 0 Å². The van der Waals surface area contributed by atoms with Gasteiger partial charge >= 0.3 is 6.18 Å². The summed E-state index contributed by atoms with van der Waals surface area (Å²) in [5.41, 5.74) is 4.74. The van der Waals surface area contributed by atoms with E-state index in [1.165, 1.54) is 6.92 Å². The van der Waals surface area contributed by atoms with Crippen LogP contribution in [0.1, 0.15) is 18.3 Å². The van der Waals surface area contributed by atoms with Crippen molar-refractivity contribution in [2.75, 3.05) is 0 Å². The van der Waals surface area contributed by atoms with Crippen LogP contribution in [0.25, 0.3) is 0 Å². The van der Waals surface area contributed by atoms with Crippen LogP contribution < -0.4 is 5.73 Å². The zero-order valence-corrected chi connectivity index (χ0v) is 9.36. The fraction of sp³-hybridized carbons (Fsp3) is 0.556. The highest BCUT2D eigenvalue weighted by molar-refractivity contribution is 5.81. The molecule has 8 heteroatoms. The SMILES string of the molecule is Cc1cc(C(F)(F)F)n(C[C@@H](C)/C(N)=N/O)n1. The Morgan fingerprint density at radius 2 is 2.24 bits per heavy atom. The molecule has 0 bridgehead atoms. The van der Waals surface area contributed by atoms with Crippen LogP contribution >= 0.6 is 0 Å². The summed E-state index contributed by atoms with van der Waals surface area (Å²) in [7, 11) is 0. The minimum atomic E-state index is -4.47. The van der Waals surface area contributed by atoms with Crippen molar-refractivity contribution in [2.45, 2.75) is 26.6 Å². The number of nitrogens with two attached hydrogens (primary N) is 1. The largest absolute Gasteiger partial charge is 0.433 e. The first-order valence-corrected chi connectivity index (χ1v) is 4.84. The lowest BCUT2D eigenvalue weighted by molar-refractivity contribution is -0.144. The molecular formula is C9H13F3N4O. The van der Waals surface area contributed by atoms with Crippen LogP contribution in [0.2, 0.25) is 0 Å². The van der Waals surface area contributed by atoms with Gasteiger partial charge in [0.25, 0.3) is 0 Å². The van der Waals surface area contributed by atoms with E-state index < -0.39 is 17.8 Å². The number of halogens is 3. The van der Waals surface area contributed by atoms with Crippen molar-refractivity contribution < 1.29 is 18.4 Å². The zero-order valence-electron chi connectivity index (χ0n) is 9.36. The number of alkyl halides is 3. The molecule has 0 fully saturated rings. The smallest absolute Gasteiger partial charge is 0.409 e. The Labute approximate surface area is 95.7 Å². The van der Waals surface area contributed by atoms with Crippen LogP contribution in [0.15, 0.2) is 11.2 Å². The van der Waals surface area contributed by atoms with Crippen molar-refractivity contribution in [3.05, 3.63) is 17.5 Å². The van der Waals surface area contributed by atoms with Gasteiger partial charge in [0, 0.05) is 5.92 Å². The van der Waals surface area contributed by atoms with E-state index in [0.29, 0.717) is 0 Å². The van der Waals surface area contributed by atoms with Gasteiger partial charge in [-0.15, -0.1) is 0 Å². The average molecular weight is 250 g/mol. The van der Waals surface area contributed by atoms with Gasteiger partial charge in [-0.3, -0.25) is 4.68 Å². The van der Waals surface area contributed by atoms with Crippen LogP contribution in [0, 0.1) is 12.8 Å². The lowest BCUT2D eigenvalue weighted by Gasteiger charge is -2.14. The van der Waals surface area contributed by atoms with Crippen molar-refractivity contribution in [1.82, 2.24) is 9.78 Å². The van der Waals surface area contributed by atoms with Crippen molar-refractivity contribution >= 4 is 5.84 Å². The molecule has 0 unspecified atom stereocenters. The molecule has 1 aromatic rings. The average Bonchev–Trinajstić information content (AvgIpc) is 2.57. The quantitative estimate of drug-likeness (QED) is 0.370. The van der Waals surface area contributed by atoms with E-state index in [4.69, 9.17) is 10.9 Å². The monoisotopic (exact) mass is 250 g/mol. The van der Waals surface area contributed by atoms with E-state index in [9.17, 15) is 13.2 Å². The number of rotatable bonds is 3. The number of aromatic nitrogens is 2. The Kier molecular flexibility index (Phi) is 3.64. The summed E-state index contributed by atoms with van der Waals surface area (Å²) in [4.78, 5) is 0. The van der Waals surface area contributed by atoms with Gasteiger partial charge in [-0.05, 0) is 13.0 Å². The van der Waals surface area contributed by atoms with Gasteiger partial charge in [0.2, 0.25) is 0 Å². The molecule has 96 valence electrons. The highest BCUT2D eigenvalue weighted by atomic mass is 19.4. The van der Waals surface area contributed by atoms with Gasteiger partial charge in [0.05, 0.1) is 12.2 Å². The first-order valence-electron chi connectivity index (χ1n) is 4.84. The molecule has 1 rings (SSSR count). The summed E-state index contributed by atoms with van der Waals surface area (Å²) < 4.78 is 38.7. The van der Waals surface area contributed by atoms with Crippen molar-refractivity contribution in [3.8, 4) is 0 Å². The Balaban J connectivity index is 2.99. The minimum absolute atomic E-state index is 0.0986. The van der Waals surface area contributed by atoms with Crippen LogP contribution in [-0.4, -0.2) is 20.8 Å². The van der Waals surface area contributed by atoms with Gasteiger partial charge in [-0.25, -0.2) is 0 Å². The maximum Gasteiger partial charge on any atom is 0.433 e. The van der Waals surface area contributed by atoms with E-state index in [0.717, 1.165) is 10.7 Å². The van der Waals surface area contributed by atoms with Crippen LogP contribution in [0.5, 0.6) is 0 Å². The fourth-order valence-electron chi connectivity index (χ4n) is 1.36. The topological polar surface area (TPSA) is 76.4 Å². The number of nitrogens with zero attached hydrogens (tertiary/aromatic N) is 3. The molecule has 17 heavy (non-hydrogen) atoms. The molecule has 0 radical (unpaired) electrons. The highest BCUT2D eigenvalue weighted by Crippen LogP contribution is 2.30. The number of hydrogen-bond donors (Lipinski definition) is 2. The third-order valence-electron chi connectivity index (χ3n) is 2.26. The maximum atomic E-state index is 12.6.